The Hall–Kier alpha value is -2.15. The van der Waals surface area contributed by atoms with Crippen LogP contribution in [0.2, 0.25) is 0 Å². The lowest BCUT2D eigenvalue weighted by atomic mass is 9.96. The number of esters is 2. The number of likely N-dealkylation sites (tertiary alicyclic amines) is 1. The molecule has 1 fully saturated rings. The molecular formula is C19H28N2O5. The summed E-state index contributed by atoms with van der Waals surface area (Å²) in [5.41, 5.74) is 2.06. The Balaban J connectivity index is 2.03. The summed E-state index contributed by atoms with van der Waals surface area (Å²) in [6.07, 6.45) is 1.37. The molecule has 0 amide bonds. The quantitative estimate of drug-likeness (QED) is 0.590. The predicted molar refractivity (Wildman–Crippen MR) is 96.4 cm³/mol. The van der Waals surface area contributed by atoms with Gasteiger partial charge in [0, 0.05) is 11.4 Å². The second kappa shape index (κ2) is 8.98. The van der Waals surface area contributed by atoms with Crippen molar-refractivity contribution in [2.45, 2.75) is 40.5 Å². The SMILES string of the molecule is CCOC(=O)c1c(C)[nH]c(C)c1C(=O)CN1CCC(C(=O)OCC)CC1. The van der Waals surface area contributed by atoms with Gasteiger partial charge in [0.2, 0.25) is 0 Å². The number of piperidine rings is 1. The summed E-state index contributed by atoms with van der Waals surface area (Å²) in [6, 6.07) is 0. The Morgan fingerprint density at radius 1 is 1.00 bits per heavy atom. The maximum absolute atomic E-state index is 12.8. The second-order valence-corrected chi connectivity index (χ2v) is 6.57. The lowest BCUT2D eigenvalue weighted by molar-refractivity contribution is -0.149. The number of carbonyl (C=O) groups is 3. The maximum atomic E-state index is 12.8. The highest BCUT2D eigenvalue weighted by Gasteiger charge is 2.30. The lowest BCUT2D eigenvalue weighted by Crippen LogP contribution is -2.40. The summed E-state index contributed by atoms with van der Waals surface area (Å²) < 4.78 is 10.2. The Morgan fingerprint density at radius 3 is 2.15 bits per heavy atom. The van der Waals surface area contributed by atoms with Crippen LogP contribution in [0.3, 0.4) is 0 Å². The molecule has 0 atom stereocenters. The van der Waals surface area contributed by atoms with Crippen molar-refractivity contribution >= 4 is 17.7 Å². The summed E-state index contributed by atoms with van der Waals surface area (Å²) in [5, 5.41) is 0. The monoisotopic (exact) mass is 364 g/mol. The Labute approximate surface area is 154 Å². The van der Waals surface area contributed by atoms with Crippen molar-refractivity contribution in [3.8, 4) is 0 Å². The molecule has 2 heterocycles. The summed E-state index contributed by atoms with van der Waals surface area (Å²) in [7, 11) is 0. The first-order chi connectivity index (χ1) is 12.4. The van der Waals surface area contributed by atoms with Crippen LogP contribution >= 0.6 is 0 Å². The van der Waals surface area contributed by atoms with E-state index in [1.165, 1.54) is 0 Å². The van der Waals surface area contributed by atoms with Crippen LogP contribution < -0.4 is 0 Å². The molecule has 1 saturated heterocycles. The van der Waals surface area contributed by atoms with Crippen molar-refractivity contribution in [2.24, 2.45) is 5.92 Å². The Bertz CT molecular complexity index is 672. The molecular weight excluding hydrogens is 336 g/mol. The fourth-order valence-corrected chi connectivity index (χ4v) is 3.46. The largest absolute Gasteiger partial charge is 0.466 e. The first-order valence-corrected chi connectivity index (χ1v) is 9.17. The number of ether oxygens (including phenoxy) is 2. The van der Waals surface area contributed by atoms with Crippen molar-refractivity contribution in [3.63, 3.8) is 0 Å². The van der Waals surface area contributed by atoms with Gasteiger partial charge in [-0.15, -0.1) is 0 Å². The summed E-state index contributed by atoms with van der Waals surface area (Å²) in [5.74, 6) is -0.823. The lowest BCUT2D eigenvalue weighted by Gasteiger charge is -2.30. The highest BCUT2D eigenvalue weighted by Crippen LogP contribution is 2.23. The molecule has 1 N–H and O–H groups in total. The molecule has 0 spiro atoms. The maximum Gasteiger partial charge on any atom is 0.340 e. The van der Waals surface area contributed by atoms with E-state index in [4.69, 9.17) is 9.47 Å². The van der Waals surface area contributed by atoms with E-state index in [-0.39, 0.29) is 30.8 Å². The van der Waals surface area contributed by atoms with Gasteiger partial charge in [-0.3, -0.25) is 14.5 Å². The van der Waals surface area contributed by atoms with Crippen molar-refractivity contribution in [2.75, 3.05) is 32.8 Å². The number of Topliss-reactive ketones (excluding diaryl/α,β-unsaturated/α-hetero) is 1. The number of ketones is 1. The molecule has 0 saturated carbocycles. The minimum atomic E-state index is -0.473. The van der Waals surface area contributed by atoms with E-state index in [1.807, 2.05) is 4.90 Å². The van der Waals surface area contributed by atoms with Crippen LogP contribution in [0.5, 0.6) is 0 Å². The number of aromatic nitrogens is 1. The molecule has 7 heteroatoms. The fraction of sp³-hybridized carbons (Fsp3) is 0.632. The van der Waals surface area contributed by atoms with E-state index in [9.17, 15) is 14.4 Å². The van der Waals surface area contributed by atoms with Crippen LogP contribution in [0.4, 0.5) is 0 Å². The number of hydrogen-bond acceptors (Lipinski definition) is 6. The third kappa shape index (κ3) is 4.52. The minimum absolute atomic E-state index is 0.0902. The molecule has 0 unspecified atom stereocenters. The molecule has 7 nitrogen and oxygen atoms in total. The summed E-state index contributed by atoms with van der Waals surface area (Å²) >= 11 is 0. The number of nitrogens with zero attached hydrogens (tertiary/aromatic N) is 1. The second-order valence-electron chi connectivity index (χ2n) is 6.57. The van der Waals surface area contributed by atoms with E-state index in [0.717, 1.165) is 0 Å². The van der Waals surface area contributed by atoms with Gasteiger partial charge >= 0.3 is 11.9 Å². The normalized spacial score (nSPS) is 15.7. The van der Waals surface area contributed by atoms with Crippen molar-refractivity contribution < 1.29 is 23.9 Å². The molecule has 1 aromatic heterocycles. The minimum Gasteiger partial charge on any atom is -0.466 e. The summed E-state index contributed by atoms with van der Waals surface area (Å²) in [4.78, 5) is 42.0. The van der Waals surface area contributed by atoms with Gasteiger partial charge in [0.15, 0.2) is 5.78 Å². The van der Waals surface area contributed by atoms with E-state index in [1.54, 1.807) is 27.7 Å². The molecule has 0 aliphatic carbocycles. The van der Waals surface area contributed by atoms with E-state index in [0.29, 0.717) is 55.1 Å². The van der Waals surface area contributed by atoms with Crippen molar-refractivity contribution in [1.82, 2.24) is 9.88 Å². The fourth-order valence-electron chi connectivity index (χ4n) is 3.46. The van der Waals surface area contributed by atoms with Crippen LogP contribution in [0.15, 0.2) is 0 Å². The standard InChI is InChI=1S/C19H28N2O5/c1-5-25-18(23)14-7-9-21(10-8-14)11-15(22)16-12(3)20-13(4)17(16)19(24)26-6-2/h14,20H,5-11H2,1-4H3. The molecule has 1 aliphatic rings. The smallest absolute Gasteiger partial charge is 0.340 e. The molecule has 1 aliphatic heterocycles. The first-order valence-electron chi connectivity index (χ1n) is 9.17. The number of H-pyrrole nitrogens is 1. The van der Waals surface area contributed by atoms with E-state index >= 15 is 0 Å². The predicted octanol–water partition coefficient (Wildman–Crippen LogP) is 2.27. The zero-order valence-corrected chi connectivity index (χ0v) is 16.0. The third-order valence-corrected chi connectivity index (χ3v) is 4.71. The van der Waals surface area contributed by atoms with Crippen molar-refractivity contribution in [3.05, 3.63) is 22.5 Å². The number of nitrogens with one attached hydrogen (secondary N) is 1. The van der Waals surface area contributed by atoms with Crippen molar-refractivity contribution in [1.29, 1.82) is 0 Å². The van der Waals surface area contributed by atoms with Gasteiger partial charge in [-0.2, -0.15) is 0 Å². The van der Waals surface area contributed by atoms with Gasteiger partial charge in [0.05, 0.1) is 36.8 Å². The molecule has 2 rings (SSSR count). The van der Waals surface area contributed by atoms with E-state index in [2.05, 4.69) is 4.98 Å². The van der Waals surface area contributed by atoms with Gasteiger partial charge < -0.3 is 14.5 Å². The van der Waals surface area contributed by atoms with Gasteiger partial charge in [-0.25, -0.2) is 4.79 Å². The van der Waals surface area contributed by atoms with Gasteiger partial charge in [0.1, 0.15) is 0 Å². The number of aryl methyl sites for hydroxylation is 2. The van der Waals surface area contributed by atoms with Gasteiger partial charge in [0.25, 0.3) is 0 Å². The van der Waals surface area contributed by atoms with Gasteiger partial charge in [-0.05, 0) is 53.6 Å². The number of hydrogen-bond donors (Lipinski definition) is 1. The van der Waals surface area contributed by atoms with E-state index < -0.39 is 5.97 Å². The highest BCUT2D eigenvalue weighted by molar-refractivity contribution is 6.09. The molecule has 26 heavy (non-hydrogen) atoms. The average molecular weight is 364 g/mol. The number of rotatable bonds is 7. The van der Waals surface area contributed by atoms with Crippen LogP contribution in [-0.2, 0) is 14.3 Å². The number of carbonyl (C=O) groups excluding carboxylic acids is 3. The highest BCUT2D eigenvalue weighted by atomic mass is 16.5. The van der Waals surface area contributed by atoms with Crippen LogP contribution in [0.25, 0.3) is 0 Å². The Morgan fingerprint density at radius 2 is 1.58 bits per heavy atom. The molecule has 1 aromatic rings. The Kier molecular flexibility index (Phi) is 6.97. The average Bonchev–Trinajstić information content (AvgIpc) is 2.90. The topological polar surface area (TPSA) is 88.7 Å². The zero-order valence-electron chi connectivity index (χ0n) is 16.0. The summed E-state index contributed by atoms with van der Waals surface area (Å²) in [6.45, 7) is 9.28. The van der Waals surface area contributed by atoms with Gasteiger partial charge in [-0.1, -0.05) is 0 Å². The molecule has 0 bridgehead atoms. The number of aromatic amines is 1. The molecule has 0 aromatic carbocycles. The molecule has 144 valence electrons. The molecule has 0 radical (unpaired) electrons. The van der Waals surface area contributed by atoms with Crippen LogP contribution in [-0.4, -0.2) is 60.5 Å². The van der Waals surface area contributed by atoms with Crippen LogP contribution in [0.1, 0.15) is 58.8 Å². The first kappa shape index (κ1) is 20.2. The van der Waals surface area contributed by atoms with Crippen LogP contribution in [0, 0.1) is 19.8 Å². The third-order valence-electron chi connectivity index (χ3n) is 4.71. The zero-order chi connectivity index (χ0) is 19.3.